The number of aryl methyl sites for hydroxylation is 2. The minimum Gasteiger partial charge on any atom is -0.411 e. The van der Waals surface area contributed by atoms with Crippen LogP contribution in [0.2, 0.25) is 0 Å². The van der Waals surface area contributed by atoms with Crippen LogP contribution in [0, 0.1) is 5.92 Å². The SMILES string of the molecule is CCc1cc(CN2CCC(=NO)C(CC)C2)n(C)n1. The van der Waals surface area contributed by atoms with Gasteiger partial charge in [-0.2, -0.15) is 5.10 Å². The normalized spacial score (nSPS) is 23.1. The Balaban J connectivity index is 2.02. The van der Waals surface area contributed by atoms with E-state index in [4.69, 9.17) is 5.21 Å². The van der Waals surface area contributed by atoms with Gasteiger partial charge in [-0.15, -0.1) is 0 Å². The molecule has 0 spiro atoms. The minimum atomic E-state index is 0.387. The molecule has 1 aliphatic rings. The second kappa shape index (κ2) is 6.19. The molecule has 106 valence electrons. The molecule has 1 atom stereocenters. The minimum absolute atomic E-state index is 0.387. The zero-order chi connectivity index (χ0) is 13.8. The van der Waals surface area contributed by atoms with Gasteiger partial charge in [0.1, 0.15) is 0 Å². The Hall–Kier alpha value is -1.36. The van der Waals surface area contributed by atoms with Crippen molar-refractivity contribution in [3.63, 3.8) is 0 Å². The molecule has 19 heavy (non-hydrogen) atoms. The van der Waals surface area contributed by atoms with Crippen molar-refractivity contribution in [1.29, 1.82) is 0 Å². The first-order chi connectivity index (χ1) is 9.17. The van der Waals surface area contributed by atoms with Gasteiger partial charge in [-0.05, 0) is 18.9 Å². The van der Waals surface area contributed by atoms with Crippen LogP contribution < -0.4 is 0 Å². The molecule has 1 aromatic rings. The highest BCUT2D eigenvalue weighted by Crippen LogP contribution is 2.19. The van der Waals surface area contributed by atoms with E-state index in [1.165, 1.54) is 5.69 Å². The highest BCUT2D eigenvalue weighted by Gasteiger charge is 2.25. The zero-order valence-corrected chi connectivity index (χ0v) is 12.1. The Bertz CT molecular complexity index is 452. The maximum absolute atomic E-state index is 9.00. The van der Waals surface area contributed by atoms with Crippen molar-refractivity contribution in [2.75, 3.05) is 13.1 Å². The molecule has 2 heterocycles. The second-order valence-corrected chi connectivity index (χ2v) is 5.29. The van der Waals surface area contributed by atoms with Crippen molar-refractivity contribution in [1.82, 2.24) is 14.7 Å². The van der Waals surface area contributed by atoms with E-state index in [9.17, 15) is 0 Å². The number of piperidine rings is 1. The van der Waals surface area contributed by atoms with E-state index in [-0.39, 0.29) is 0 Å². The number of likely N-dealkylation sites (tertiary alicyclic amines) is 1. The largest absolute Gasteiger partial charge is 0.411 e. The molecule has 0 amide bonds. The summed E-state index contributed by atoms with van der Waals surface area (Å²) in [7, 11) is 2.01. The van der Waals surface area contributed by atoms with Gasteiger partial charge in [-0.1, -0.05) is 19.0 Å². The molecule has 1 unspecified atom stereocenters. The van der Waals surface area contributed by atoms with Gasteiger partial charge in [0, 0.05) is 39.0 Å². The Morgan fingerprint density at radius 1 is 1.47 bits per heavy atom. The highest BCUT2D eigenvalue weighted by molar-refractivity contribution is 5.87. The Morgan fingerprint density at radius 3 is 2.84 bits per heavy atom. The maximum atomic E-state index is 9.00. The van der Waals surface area contributed by atoms with E-state index in [0.29, 0.717) is 5.92 Å². The van der Waals surface area contributed by atoms with Gasteiger partial charge in [-0.3, -0.25) is 9.58 Å². The van der Waals surface area contributed by atoms with E-state index in [0.717, 1.165) is 50.3 Å². The number of aromatic nitrogens is 2. The average Bonchev–Trinajstić information content (AvgIpc) is 2.79. The number of rotatable bonds is 4. The summed E-state index contributed by atoms with van der Waals surface area (Å²) in [5, 5.41) is 16.9. The summed E-state index contributed by atoms with van der Waals surface area (Å²) in [6, 6.07) is 2.19. The average molecular weight is 264 g/mol. The summed E-state index contributed by atoms with van der Waals surface area (Å²) >= 11 is 0. The number of hydrogen-bond acceptors (Lipinski definition) is 4. The van der Waals surface area contributed by atoms with E-state index in [1.54, 1.807) is 0 Å². The lowest BCUT2D eigenvalue weighted by Crippen LogP contribution is -2.40. The van der Waals surface area contributed by atoms with Crippen LogP contribution in [0.5, 0.6) is 0 Å². The summed E-state index contributed by atoms with van der Waals surface area (Å²) < 4.78 is 1.98. The summed E-state index contributed by atoms with van der Waals surface area (Å²) in [6.45, 7) is 7.15. The highest BCUT2D eigenvalue weighted by atomic mass is 16.4. The summed E-state index contributed by atoms with van der Waals surface area (Å²) in [6.07, 6.45) is 2.88. The first kappa shape index (κ1) is 14.1. The fraction of sp³-hybridized carbons (Fsp3) is 0.714. The van der Waals surface area contributed by atoms with E-state index >= 15 is 0 Å². The van der Waals surface area contributed by atoms with Gasteiger partial charge in [0.05, 0.1) is 17.1 Å². The Labute approximate surface area is 114 Å². The molecule has 5 heteroatoms. The lowest BCUT2D eigenvalue weighted by molar-refractivity contribution is 0.216. The van der Waals surface area contributed by atoms with Crippen LogP contribution in [-0.4, -0.2) is 38.7 Å². The number of nitrogens with zero attached hydrogens (tertiary/aromatic N) is 4. The zero-order valence-electron chi connectivity index (χ0n) is 12.1. The van der Waals surface area contributed by atoms with Crippen LogP contribution in [0.15, 0.2) is 11.2 Å². The lowest BCUT2D eigenvalue weighted by Gasteiger charge is -2.32. The molecule has 0 saturated carbocycles. The fourth-order valence-electron chi connectivity index (χ4n) is 2.75. The predicted octanol–water partition coefficient (Wildman–Crippen LogP) is 2.04. The van der Waals surface area contributed by atoms with Crippen molar-refractivity contribution in [2.24, 2.45) is 18.1 Å². The van der Waals surface area contributed by atoms with Crippen molar-refractivity contribution in [2.45, 2.75) is 39.7 Å². The van der Waals surface area contributed by atoms with Crippen LogP contribution in [-0.2, 0) is 20.0 Å². The van der Waals surface area contributed by atoms with E-state index in [2.05, 4.69) is 35.1 Å². The molecule has 0 aliphatic carbocycles. The standard InChI is InChI=1S/C14H24N4O/c1-4-11-9-18(7-6-14(11)16-19)10-13-8-12(5-2)15-17(13)3/h8,11,19H,4-7,9-10H2,1-3H3. The third-order valence-electron chi connectivity index (χ3n) is 4.03. The molecule has 5 nitrogen and oxygen atoms in total. The van der Waals surface area contributed by atoms with Crippen molar-refractivity contribution in [3.05, 3.63) is 17.5 Å². The topological polar surface area (TPSA) is 53.6 Å². The molecule has 0 radical (unpaired) electrons. The molecular formula is C14H24N4O. The van der Waals surface area contributed by atoms with Gasteiger partial charge in [0.25, 0.3) is 0 Å². The maximum Gasteiger partial charge on any atom is 0.0627 e. The van der Waals surface area contributed by atoms with Gasteiger partial charge < -0.3 is 5.21 Å². The molecule has 1 saturated heterocycles. The molecular weight excluding hydrogens is 240 g/mol. The Morgan fingerprint density at radius 2 is 2.26 bits per heavy atom. The number of hydrogen-bond donors (Lipinski definition) is 1. The monoisotopic (exact) mass is 264 g/mol. The lowest BCUT2D eigenvalue weighted by atomic mass is 9.93. The van der Waals surface area contributed by atoms with Crippen LogP contribution in [0.4, 0.5) is 0 Å². The van der Waals surface area contributed by atoms with Crippen molar-refractivity contribution in [3.8, 4) is 0 Å². The summed E-state index contributed by atoms with van der Waals surface area (Å²) in [5.74, 6) is 0.387. The van der Waals surface area contributed by atoms with Gasteiger partial charge in [0.15, 0.2) is 0 Å². The second-order valence-electron chi connectivity index (χ2n) is 5.29. The molecule has 2 rings (SSSR count). The molecule has 1 aromatic heterocycles. The fourth-order valence-corrected chi connectivity index (χ4v) is 2.75. The van der Waals surface area contributed by atoms with Crippen LogP contribution in [0.3, 0.4) is 0 Å². The quantitative estimate of drug-likeness (QED) is 0.669. The third-order valence-corrected chi connectivity index (χ3v) is 4.03. The summed E-state index contributed by atoms with van der Waals surface area (Å²) in [4.78, 5) is 2.43. The van der Waals surface area contributed by atoms with Crippen molar-refractivity contribution >= 4 is 5.71 Å². The molecule has 0 aromatic carbocycles. The van der Waals surface area contributed by atoms with Crippen LogP contribution in [0.25, 0.3) is 0 Å². The first-order valence-corrected chi connectivity index (χ1v) is 7.12. The molecule has 1 aliphatic heterocycles. The van der Waals surface area contributed by atoms with Gasteiger partial charge >= 0.3 is 0 Å². The smallest absolute Gasteiger partial charge is 0.0627 e. The summed E-state index contributed by atoms with van der Waals surface area (Å²) in [5.41, 5.74) is 3.37. The van der Waals surface area contributed by atoms with E-state index < -0.39 is 0 Å². The predicted molar refractivity (Wildman–Crippen MR) is 75.5 cm³/mol. The van der Waals surface area contributed by atoms with Crippen LogP contribution in [0.1, 0.15) is 38.1 Å². The van der Waals surface area contributed by atoms with Crippen LogP contribution >= 0.6 is 0 Å². The Kier molecular flexibility index (Phi) is 4.58. The van der Waals surface area contributed by atoms with Gasteiger partial charge in [-0.25, -0.2) is 0 Å². The first-order valence-electron chi connectivity index (χ1n) is 7.12. The molecule has 1 N–H and O–H groups in total. The molecule has 0 bridgehead atoms. The molecule has 1 fully saturated rings. The number of oxime groups is 1. The third kappa shape index (κ3) is 3.15. The van der Waals surface area contributed by atoms with Gasteiger partial charge in [0.2, 0.25) is 0 Å². The van der Waals surface area contributed by atoms with Crippen molar-refractivity contribution < 1.29 is 5.21 Å². The van der Waals surface area contributed by atoms with E-state index in [1.807, 2.05) is 11.7 Å².